The highest BCUT2D eigenvalue weighted by atomic mass is 16.2. The van der Waals surface area contributed by atoms with E-state index in [-0.39, 0.29) is 6.03 Å². The summed E-state index contributed by atoms with van der Waals surface area (Å²) in [5.41, 5.74) is 24.2. The highest BCUT2D eigenvalue weighted by molar-refractivity contribution is 5.79. The summed E-state index contributed by atoms with van der Waals surface area (Å²) in [5, 5.41) is 13.2. The van der Waals surface area contributed by atoms with E-state index in [1.54, 1.807) is 0 Å². The fourth-order valence-electron chi connectivity index (χ4n) is 8.55. The highest BCUT2D eigenvalue weighted by Crippen LogP contribution is 2.30. The van der Waals surface area contributed by atoms with Crippen LogP contribution in [-0.2, 0) is 0 Å². The van der Waals surface area contributed by atoms with E-state index in [2.05, 4.69) is 51.0 Å². The summed E-state index contributed by atoms with van der Waals surface area (Å²) in [6.45, 7) is 10.5. The molecular weight excluding hydrogens is 849 g/mol. The maximum absolute atomic E-state index is 14.5. The normalized spacial score (nSPS) is 16.8. The van der Waals surface area contributed by atoms with E-state index < -0.39 is 0 Å². The molecule has 4 aliphatic carbocycles. The largest absolute Gasteiger partial charge is 0.370 e. The van der Waals surface area contributed by atoms with Gasteiger partial charge in [0.1, 0.15) is 0 Å². The maximum Gasteiger partial charge on any atom is 0.319 e. The first kappa shape index (κ1) is 56.9. The molecule has 68 heavy (non-hydrogen) atoms. The van der Waals surface area contributed by atoms with Crippen LogP contribution in [0.15, 0.2) is 20.0 Å². The predicted molar refractivity (Wildman–Crippen MR) is 288 cm³/mol. The third-order valence-electron chi connectivity index (χ3n) is 14.1. The van der Waals surface area contributed by atoms with E-state index in [1.807, 2.05) is 0 Å². The van der Waals surface area contributed by atoms with Crippen molar-refractivity contribution in [2.45, 2.75) is 205 Å². The summed E-state index contributed by atoms with van der Waals surface area (Å²) in [4.78, 5) is 36.8. The Hall–Kier alpha value is -3.65. The minimum Gasteiger partial charge on any atom is -0.370 e. The lowest BCUT2D eigenvalue weighted by Gasteiger charge is -2.31. The number of carbonyl (C=O) groups is 1. The first-order valence-electron chi connectivity index (χ1n) is 28.5. The average Bonchev–Trinajstić information content (AvgIpc) is 4.12. The molecule has 0 aromatic rings. The number of guanidine groups is 4. The van der Waals surface area contributed by atoms with Gasteiger partial charge in [-0.25, -0.2) is 4.79 Å². The quantitative estimate of drug-likeness (QED) is 0.0167. The van der Waals surface area contributed by atoms with Crippen molar-refractivity contribution < 1.29 is 4.79 Å². The van der Waals surface area contributed by atoms with Crippen LogP contribution in [0.3, 0.4) is 0 Å². The fraction of sp³-hybridized carbons (Fsp3) is 0.906. The van der Waals surface area contributed by atoms with Crippen LogP contribution in [-0.4, -0.2) is 118 Å². The van der Waals surface area contributed by atoms with Crippen LogP contribution in [0, 0.1) is 23.7 Å². The number of amides is 2. The minimum absolute atomic E-state index is 0.267. The molecule has 2 amide bonds. The van der Waals surface area contributed by atoms with Crippen molar-refractivity contribution >= 4 is 29.9 Å². The van der Waals surface area contributed by atoms with Gasteiger partial charge >= 0.3 is 6.03 Å². The smallest absolute Gasteiger partial charge is 0.319 e. The highest BCUT2D eigenvalue weighted by Gasteiger charge is 2.23. The monoisotopic (exact) mass is 953 g/mol. The van der Waals surface area contributed by atoms with Gasteiger partial charge in [0.2, 0.25) is 0 Å². The zero-order valence-corrected chi connectivity index (χ0v) is 43.3. The molecule has 4 saturated carbocycles. The van der Waals surface area contributed by atoms with Crippen LogP contribution in [0.4, 0.5) is 4.79 Å². The lowest BCUT2D eigenvalue weighted by molar-refractivity contribution is 0.148. The van der Waals surface area contributed by atoms with Gasteiger partial charge in [0.15, 0.2) is 23.8 Å². The number of rotatable bonds is 44. The van der Waals surface area contributed by atoms with E-state index in [1.165, 1.54) is 128 Å². The fourth-order valence-corrected chi connectivity index (χ4v) is 8.55. The summed E-state index contributed by atoms with van der Waals surface area (Å²) < 4.78 is 0. The van der Waals surface area contributed by atoms with Gasteiger partial charge in [0, 0.05) is 78.5 Å². The first-order chi connectivity index (χ1) is 33.4. The van der Waals surface area contributed by atoms with Crippen molar-refractivity contribution in [2.75, 3.05) is 78.5 Å². The van der Waals surface area contributed by atoms with Crippen molar-refractivity contribution in [3.8, 4) is 0 Å². The predicted octanol–water partition coefficient (Wildman–Crippen LogP) is 8.33. The zero-order valence-electron chi connectivity index (χ0n) is 43.3. The first-order valence-corrected chi connectivity index (χ1v) is 28.5. The second-order valence-electron chi connectivity index (χ2n) is 21.1. The molecule has 4 fully saturated rings. The lowest BCUT2D eigenvalue weighted by Crippen LogP contribution is -2.45. The van der Waals surface area contributed by atoms with Gasteiger partial charge in [-0.05, 0) is 126 Å². The summed E-state index contributed by atoms with van der Waals surface area (Å²) >= 11 is 0. The van der Waals surface area contributed by atoms with E-state index in [0.29, 0.717) is 23.8 Å². The third kappa shape index (κ3) is 33.0. The summed E-state index contributed by atoms with van der Waals surface area (Å²) in [7, 11) is 0. The van der Waals surface area contributed by atoms with Crippen LogP contribution in [0.1, 0.15) is 205 Å². The van der Waals surface area contributed by atoms with Gasteiger partial charge in [-0.3, -0.25) is 20.0 Å². The van der Waals surface area contributed by atoms with Crippen molar-refractivity contribution in [3.63, 3.8) is 0 Å². The molecule has 392 valence electrons. The Bertz CT molecular complexity index is 1210. The summed E-state index contributed by atoms with van der Waals surface area (Å²) in [6.07, 6.45) is 38.2. The standard InChI is InChI=1S/C53H104N14O/c54-49(62-41-45-25-26-45)58-33-17-9-1-5-13-21-37-66(38-22-14-6-2-10-18-34-59-50(55)63-42-46-27-28-46)53(68)67(39-23-15-7-3-11-19-35-60-51(56)64-43-47-29-30-47)40-24-16-8-4-12-20-36-61-52(57)65-44-48-31-32-48/h45-48H,1-44H2,(H3,54,58,62)(H3,55,59,63)(H3,56,60,64)(H3,57,61,65). The second-order valence-corrected chi connectivity index (χ2v) is 21.1. The number of nitrogens with two attached hydrogens (primary N) is 4. The van der Waals surface area contributed by atoms with Gasteiger partial charge in [0.05, 0.1) is 0 Å². The van der Waals surface area contributed by atoms with Gasteiger partial charge in [-0.15, -0.1) is 0 Å². The van der Waals surface area contributed by atoms with Crippen LogP contribution < -0.4 is 44.2 Å². The summed E-state index contributed by atoms with van der Waals surface area (Å²) in [5.74, 6) is 5.46. The minimum atomic E-state index is 0.267. The Morgan fingerprint density at radius 1 is 0.324 bits per heavy atom. The van der Waals surface area contributed by atoms with Crippen molar-refractivity contribution in [3.05, 3.63) is 0 Å². The van der Waals surface area contributed by atoms with Gasteiger partial charge < -0.3 is 54.0 Å². The molecule has 0 aromatic carbocycles. The molecule has 15 heteroatoms. The zero-order chi connectivity index (χ0) is 48.1. The molecule has 0 aromatic heterocycles. The maximum atomic E-state index is 14.5. The molecule has 0 heterocycles. The SMILES string of the molecule is NC(=NCC1CC1)NCCCCCCCCN(CCCCCCCCNC(N)=NCC1CC1)C(=O)N(CCCCCCCCNC(N)=NCC1CC1)CCCCCCCCNC(N)=NCC1CC1. The Morgan fingerprint density at radius 2 is 0.515 bits per heavy atom. The van der Waals surface area contributed by atoms with Crippen LogP contribution >= 0.6 is 0 Å². The Morgan fingerprint density at radius 3 is 0.721 bits per heavy atom. The molecule has 4 aliphatic rings. The molecule has 0 aliphatic heterocycles. The summed E-state index contributed by atoms with van der Waals surface area (Å²) in [6, 6.07) is 0.267. The molecule has 4 rings (SSSR count). The number of urea groups is 1. The molecule has 0 spiro atoms. The number of carbonyl (C=O) groups excluding carboxylic acids is 1. The van der Waals surface area contributed by atoms with Crippen LogP contribution in [0.5, 0.6) is 0 Å². The van der Waals surface area contributed by atoms with Crippen molar-refractivity contribution in [1.82, 2.24) is 31.1 Å². The van der Waals surface area contributed by atoms with E-state index in [0.717, 1.165) is 179 Å². The molecule has 0 unspecified atom stereocenters. The number of hydrogen-bond acceptors (Lipinski definition) is 5. The molecule has 0 bridgehead atoms. The number of aliphatic imine (C=N–C) groups is 4. The van der Waals surface area contributed by atoms with Crippen LogP contribution in [0.25, 0.3) is 0 Å². The molecular formula is C53H104N14O. The Labute approximate surface area is 415 Å². The van der Waals surface area contributed by atoms with Gasteiger partial charge in [-0.1, -0.05) is 103 Å². The molecule has 12 N–H and O–H groups in total. The third-order valence-corrected chi connectivity index (χ3v) is 14.1. The molecule has 0 saturated heterocycles. The number of unbranched alkanes of at least 4 members (excludes halogenated alkanes) is 20. The number of hydrogen-bond donors (Lipinski definition) is 8. The Kier molecular flexibility index (Phi) is 31.2. The van der Waals surface area contributed by atoms with Gasteiger partial charge in [0.25, 0.3) is 0 Å². The number of nitrogens with one attached hydrogen (secondary N) is 4. The molecule has 0 radical (unpaired) electrons. The average molecular weight is 954 g/mol. The van der Waals surface area contributed by atoms with E-state index in [9.17, 15) is 4.79 Å². The molecule has 0 atom stereocenters. The lowest BCUT2D eigenvalue weighted by atomic mass is 10.1. The van der Waals surface area contributed by atoms with E-state index >= 15 is 0 Å². The number of nitrogens with zero attached hydrogens (tertiary/aromatic N) is 6. The topological polar surface area (TPSA) is 225 Å². The second kappa shape index (κ2) is 37.2. The van der Waals surface area contributed by atoms with Crippen molar-refractivity contribution in [1.29, 1.82) is 0 Å². The molecule has 15 nitrogen and oxygen atoms in total. The Balaban J connectivity index is 1.16. The van der Waals surface area contributed by atoms with Gasteiger partial charge in [-0.2, -0.15) is 0 Å². The van der Waals surface area contributed by atoms with Crippen molar-refractivity contribution in [2.24, 2.45) is 66.6 Å². The van der Waals surface area contributed by atoms with E-state index in [4.69, 9.17) is 22.9 Å². The van der Waals surface area contributed by atoms with Crippen LogP contribution in [0.2, 0.25) is 0 Å².